The second kappa shape index (κ2) is 8.51. The average molecular weight is 420 g/mol. The Balaban J connectivity index is 1.73. The number of rotatable bonds is 6. The molecule has 1 saturated heterocycles. The zero-order chi connectivity index (χ0) is 22.0. The smallest absolute Gasteiger partial charge is 0.295 e. The number of nitrogens with zero attached hydrogens (tertiary/aromatic N) is 4. The zero-order valence-corrected chi connectivity index (χ0v) is 16.9. The molecular weight excluding hydrogens is 399 g/mol. The Kier molecular flexibility index (Phi) is 5.62. The number of aliphatic hydroxyl groups excluding tert-OH is 1. The number of Topliss-reactive ketones (excluding diaryl/α,β-unsaturated/α-hetero) is 1. The van der Waals surface area contributed by atoms with Gasteiger partial charge in [0.1, 0.15) is 11.6 Å². The fraction of sp³-hybridized carbons (Fsp3) is 0.217. The first-order valence-electron chi connectivity index (χ1n) is 9.88. The minimum absolute atomic E-state index is 0.0536. The number of likely N-dealkylation sites (tertiary alicyclic amines) is 1. The number of pyridine rings is 1. The zero-order valence-electron chi connectivity index (χ0n) is 16.9. The van der Waals surface area contributed by atoms with Crippen LogP contribution in [0.4, 0.5) is 4.39 Å². The summed E-state index contributed by atoms with van der Waals surface area (Å²) in [6, 6.07) is 6.83. The van der Waals surface area contributed by atoms with E-state index in [1.54, 1.807) is 44.0 Å². The lowest BCUT2D eigenvalue weighted by molar-refractivity contribution is -0.139. The summed E-state index contributed by atoms with van der Waals surface area (Å²) in [7, 11) is 0. The van der Waals surface area contributed by atoms with Gasteiger partial charge in [-0.3, -0.25) is 14.6 Å². The Hall–Kier alpha value is -3.81. The van der Waals surface area contributed by atoms with Crippen molar-refractivity contribution >= 4 is 17.4 Å². The third-order valence-electron chi connectivity index (χ3n) is 5.38. The molecule has 0 spiro atoms. The van der Waals surface area contributed by atoms with Gasteiger partial charge in [0.05, 0.1) is 17.9 Å². The van der Waals surface area contributed by atoms with Crippen molar-refractivity contribution in [2.24, 2.45) is 0 Å². The summed E-state index contributed by atoms with van der Waals surface area (Å²) in [4.78, 5) is 35.2. The number of halogens is 1. The molecule has 4 rings (SSSR count). The molecule has 2 aromatic heterocycles. The monoisotopic (exact) mass is 420 g/mol. The molecule has 0 bridgehead atoms. The molecule has 1 N–H and O–H groups in total. The first kappa shape index (κ1) is 20.5. The SMILES string of the molecule is Cc1ccc(/C(O)=C2/C(=O)C(=O)N(CCCn3ccnc3)C2c2ccncc2)cc1F. The highest BCUT2D eigenvalue weighted by molar-refractivity contribution is 6.46. The van der Waals surface area contributed by atoms with Crippen LogP contribution in [0.1, 0.15) is 29.2 Å². The van der Waals surface area contributed by atoms with Crippen LogP contribution in [0.15, 0.2) is 67.0 Å². The summed E-state index contributed by atoms with van der Waals surface area (Å²) in [6.45, 7) is 2.53. The van der Waals surface area contributed by atoms with E-state index in [9.17, 15) is 19.1 Å². The van der Waals surface area contributed by atoms with Gasteiger partial charge < -0.3 is 14.6 Å². The van der Waals surface area contributed by atoms with Crippen LogP contribution >= 0.6 is 0 Å². The van der Waals surface area contributed by atoms with Crippen molar-refractivity contribution in [2.45, 2.75) is 25.9 Å². The second-order valence-corrected chi connectivity index (χ2v) is 7.39. The molecule has 0 radical (unpaired) electrons. The molecule has 1 fully saturated rings. The van der Waals surface area contributed by atoms with E-state index < -0.39 is 29.3 Å². The lowest BCUT2D eigenvalue weighted by atomic mass is 9.95. The molecule has 1 aromatic carbocycles. The van der Waals surface area contributed by atoms with Crippen molar-refractivity contribution in [3.05, 3.63) is 89.5 Å². The van der Waals surface area contributed by atoms with E-state index in [0.29, 0.717) is 30.6 Å². The van der Waals surface area contributed by atoms with Gasteiger partial charge in [-0.15, -0.1) is 0 Å². The minimum Gasteiger partial charge on any atom is -0.507 e. The van der Waals surface area contributed by atoms with Gasteiger partial charge in [-0.25, -0.2) is 9.37 Å². The molecule has 0 aliphatic carbocycles. The third kappa shape index (κ3) is 3.96. The number of aryl methyl sites for hydroxylation is 2. The summed E-state index contributed by atoms with van der Waals surface area (Å²) in [6.07, 6.45) is 8.88. The van der Waals surface area contributed by atoms with Gasteiger partial charge in [0, 0.05) is 43.4 Å². The molecule has 1 atom stereocenters. The second-order valence-electron chi connectivity index (χ2n) is 7.39. The van der Waals surface area contributed by atoms with Crippen LogP contribution in [0.5, 0.6) is 0 Å². The Morgan fingerprint density at radius 3 is 2.55 bits per heavy atom. The number of ketones is 1. The maximum absolute atomic E-state index is 14.1. The molecule has 1 unspecified atom stereocenters. The highest BCUT2D eigenvalue weighted by atomic mass is 19.1. The number of aromatic nitrogens is 3. The van der Waals surface area contributed by atoms with Crippen molar-refractivity contribution in [3.8, 4) is 0 Å². The van der Waals surface area contributed by atoms with Gasteiger partial charge in [0.25, 0.3) is 11.7 Å². The highest BCUT2D eigenvalue weighted by Gasteiger charge is 2.45. The Morgan fingerprint density at radius 2 is 1.87 bits per heavy atom. The maximum atomic E-state index is 14.1. The largest absolute Gasteiger partial charge is 0.507 e. The fourth-order valence-corrected chi connectivity index (χ4v) is 3.74. The Morgan fingerprint density at radius 1 is 1.10 bits per heavy atom. The van der Waals surface area contributed by atoms with Crippen molar-refractivity contribution in [1.82, 2.24) is 19.4 Å². The lowest BCUT2D eigenvalue weighted by Gasteiger charge is -2.25. The number of aliphatic hydroxyl groups is 1. The molecule has 158 valence electrons. The van der Waals surface area contributed by atoms with Crippen LogP contribution in [0.3, 0.4) is 0 Å². The number of amides is 1. The molecule has 3 heterocycles. The van der Waals surface area contributed by atoms with Crippen LogP contribution in [-0.2, 0) is 16.1 Å². The van der Waals surface area contributed by atoms with E-state index in [-0.39, 0.29) is 11.1 Å². The van der Waals surface area contributed by atoms with E-state index in [1.807, 2.05) is 10.8 Å². The molecule has 0 saturated carbocycles. The maximum Gasteiger partial charge on any atom is 0.295 e. The van der Waals surface area contributed by atoms with Gasteiger partial charge in [0.15, 0.2) is 0 Å². The molecular formula is C23H21FN4O3. The number of hydrogen-bond acceptors (Lipinski definition) is 5. The molecule has 31 heavy (non-hydrogen) atoms. The summed E-state index contributed by atoms with van der Waals surface area (Å²) >= 11 is 0. The van der Waals surface area contributed by atoms with Crippen LogP contribution in [0, 0.1) is 12.7 Å². The first-order chi connectivity index (χ1) is 15.0. The first-order valence-corrected chi connectivity index (χ1v) is 9.88. The summed E-state index contributed by atoms with van der Waals surface area (Å²) in [5.41, 5.74) is 1.16. The van der Waals surface area contributed by atoms with E-state index in [1.165, 1.54) is 23.1 Å². The van der Waals surface area contributed by atoms with E-state index in [2.05, 4.69) is 9.97 Å². The van der Waals surface area contributed by atoms with Gasteiger partial charge >= 0.3 is 0 Å². The van der Waals surface area contributed by atoms with Crippen molar-refractivity contribution < 1.29 is 19.1 Å². The van der Waals surface area contributed by atoms with Crippen LogP contribution < -0.4 is 0 Å². The summed E-state index contributed by atoms with van der Waals surface area (Å²) < 4.78 is 16.0. The quantitative estimate of drug-likeness (QED) is 0.376. The Bertz CT molecular complexity index is 1140. The number of hydrogen-bond donors (Lipinski definition) is 1. The average Bonchev–Trinajstić information content (AvgIpc) is 3.38. The van der Waals surface area contributed by atoms with Gasteiger partial charge in [-0.1, -0.05) is 12.1 Å². The number of imidazole rings is 1. The summed E-state index contributed by atoms with van der Waals surface area (Å²) in [5, 5.41) is 10.9. The van der Waals surface area contributed by atoms with Crippen molar-refractivity contribution in [1.29, 1.82) is 0 Å². The van der Waals surface area contributed by atoms with Crippen molar-refractivity contribution in [3.63, 3.8) is 0 Å². The third-order valence-corrected chi connectivity index (χ3v) is 5.38. The number of carbonyl (C=O) groups excluding carboxylic acids is 2. The van der Waals surface area contributed by atoms with Crippen LogP contribution in [0.25, 0.3) is 5.76 Å². The van der Waals surface area contributed by atoms with Gasteiger partial charge in [-0.05, 0) is 42.7 Å². The lowest BCUT2D eigenvalue weighted by Crippen LogP contribution is -2.31. The van der Waals surface area contributed by atoms with E-state index in [0.717, 1.165) is 0 Å². The van der Waals surface area contributed by atoms with Crippen LogP contribution in [0.2, 0.25) is 0 Å². The van der Waals surface area contributed by atoms with Crippen molar-refractivity contribution in [2.75, 3.05) is 6.54 Å². The normalized spacial score (nSPS) is 18.0. The predicted molar refractivity (Wildman–Crippen MR) is 111 cm³/mol. The Labute approximate surface area is 178 Å². The standard InChI is InChI=1S/C23H21FN4O3/c1-15-3-4-17(13-18(15)24)21(29)19-20(16-5-7-25-8-6-16)28(23(31)22(19)30)11-2-10-27-12-9-26-14-27/h3-9,12-14,20,29H,2,10-11H2,1H3/b21-19-. The van der Waals surface area contributed by atoms with E-state index >= 15 is 0 Å². The molecule has 7 nitrogen and oxygen atoms in total. The van der Waals surface area contributed by atoms with Crippen LogP contribution in [-0.4, -0.2) is 42.8 Å². The predicted octanol–water partition coefficient (Wildman–Crippen LogP) is 3.24. The van der Waals surface area contributed by atoms with Gasteiger partial charge in [0.2, 0.25) is 0 Å². The fourth-order valence-electron chi connectivity index (χ4n) is 3.74. The molecule has 1 aliphatic heterocycles. The molecule has 1 amide bonds. The minimum atomic E-state index is -0.789. The summed E-state index contributed by atoms with van der Waals surface area (Å²) in [5.74, 6) is -2.38. The van der Waals surface area contributed by atoms with Gasteiger partial charge in [-0.2, -0.15) is 0 Å². The topological polar surface area (TPSA) is 88.3 Å². The number of benzene rings is 1. The molecule has 8 heteroatoms. The van der Waals surface area contributed by atoms with E-state index in [4.69, 9.17) is 0 Å². The molecule has 1 aliphatic rings. The number of carbonyl (C=O) groups is 2. The molecule has 3 aromatic rings. The highest BCUT2D eigenvalue weighted by Crippen LogP contribution is 2.39.